The largest absolute Gasteiger partial charge is 0.497 e. The highest BCUT2D eigenvalue weighted by molar-refractivity contribution is 5.77. The van der Waals surface area contributed by atoms with E-state index in [1.54, 1.807) is 23.1 Å². The lowest BCUT2D eigenvalue weighted by molar-refractivity contribution is -0.383. The number of aromatic nitrogens is 2. The summed E-state index contributed by atoms with van der Waals surface area (Å²) in [7, 11) is 3.00. The molecule has 154 valence electrons. The van der Waals surface area contributed by atoms with Gasteiger partial charge in [0.2, 0.25) is 11.6 Å². The van der Waals surface area contributed by atoms with Crippen molar-refractivity contribution < 1.29 is 24.3 Å². The van der Waals surface area contributed by atoms with E-state index in [1.165, 1.54) is 20.5 Å². The van der Waals surface area contributed by atoms with E-state index in [0.29, 0.717) is 43.1 Å². The third-order valence-corrected chi connectivity index (χ3v) is 4.79. The number of nitrogens with zero attached hydrogens (tertiary/aromatic N) is 4. The van der Waals surface area contributed by atoms with Crippen molar-refractivity contribution in [1.29, 1.82) is 0 Å². The van der Waals surface area contributed by atoms with Crippen LogP contribution in [0, 0.1) is 16.0 Å². The number of methoxy groups -OCH3 is 2. The summed E-state index contributed by atoms with van der Waals surface area (Å²) in [4.78, 5) is 32.3. The van der Waals surface area contributed by atoms with Crippen molar-refractivity contribution in [2.45, 2.75) is 12.8 Å². The number of nitrogens with one attached hydrogen (secondary N) is 1. The van der Waals surface area contributed by atoms with E-state index < -0.39 is 16.8 Å². The topological polar surface area (TPSA) is 140 Å². The van der Waals surface area contributed by atoms with Crippen molar-refractivity contribution in [3.63, 3.8) is 0 Å². The molecule has 3 rings (SSSR count). The first-order valence-electron chi connectivity index (χ1n) is 8.90. The lowest BCUT2D eigenvalue weighted by Gasteiger charge is -2.30. The predicted octanol–water partition coefficient (Wildman–Crippen LogP) is 2.45. The van der Waals surface area contributed by atoms with Gasteiger partial charge in [0, 0.05) is 19.2 Å². The molecular formula is C18H21N5O6. The lowest BCUT2D eigenvalue weighted by atomic mass is 9.97. The van der Waals surface area contributed by atoms with Gasteiger partial charge in [-0.1, -0.05) is 0 Å². The van der Waals surface area contributed by atoms with Crippen LogP contribution in [-0.4, -0.2) is 53.3 Å². The summed E-state index contributed by atoms with van der Waals surface area (Å²) in [6.07, 6.45) is 2.03. The van der Waals surface area contributed by atoms with E-state index in [4.69, 9.17) is 14.6 Å². The number of carboxylic acids is 1. The number of ether oxygens (including phenoxy) is 2. The maximum Gasteiger partial charge on any atom is 0.353 e. The number of carboxylic acid groups (broad SMARTS) is 1. The number of hydrogen-bond acceptors (Lipinski definition) is 9. The molecule has 0 aliphatic carbocycles. The minimum absolute atomic E-state index is 0.0174. The Bertz CT molecular complexity index is 914. The fraction of sp³-hybridized carbons (Fsp3) is 0.389. The molecule has 0 radical (unpaired) electrons. The number of anilines is 3. The van der Waals surface area contributed by atoms with Crippen LogP contribution < -0.4 is 19.7 Å². The van der Waals surface area contributed by atoms with Crippen molar-refractivity contribution in [2.24, 2.45) is 5.92 Å². The number of rotatable bonds is 7. The number of nitro groups is 1. The van der Waals surface area contributed by atoms with Gasteiger partial charge in [-0.3, -0.25) is 14.9 Å². The second-order valence-electron chi connectivity index (χ2n) is 6.44. The SMILES string of the molecule is COc1ccc(Nc2ncnc(N3CCC(C(=O)O)CC3)c2[N+](=O)[O-])c(OC)c1. The van der Waals surface area contributed by atoms with E-state index in [2.05, 4.69) is 15.3 Å². The minimum Gasteiger partial charge on any atom is -0.497 e. The quantitative estimate of drug-likeness (QED) is 0.523. The second kappa shape index (κ2) is 8.59. The molecule has 0 amide bonds. The third-order valence-electron chi connectivity index (χ3n) is 4.79. The van der Waals surface area contributed by atoms with Crippen LogP contribution in [0.2, 0.25) is 0 Å². The summed E-state index contributed by atoms with van der Waals surface area (Å²) in [5.74, 6) is -0.121. The average Bonchev–Trinajstić information content (AvgIpc) is 2.73. The molecule has 11 nitrogen and oxygen atoms in total. The maximum absolute atomic E-state index is 11.8. The predicted molar refractivity (Wildman–Crippen MR) is 104 cm³/mol. The molecular weight excluding hydrogens is 382 g/mol. The molecule has 0 spiro atoms. The molecule has 11 heteroatoms. The highest BCUT2D eigenvalue weighted by Gasteiger charge is 2.32. The highest BCUT2D eigenvalue weighted by atomic mass is 16.6. The Labute approximate surface area is 166 Å². The zero-order valence-electron chi connectivity index (χ0n) is 16.0. The molecule has 1 aliphatic heterocycles. The monoisotopic (exact) mass is 403 g/mol. The molecule has 1 aromatic carbocycles. The summed E-state index contributed by atoms with van der Waals surface area (Å²) in [5.41, 5.74) is 0.199. The fourth-order valence-electron chi connectivity index (χ4n) is 3.23. The van der Waals surface area contributed by atoms with Crippen LogP contribution in [0.15, 0.2) is 24.5 Å². The molecule has 0 atom stereocenters. The van der Waals surface area contributed by atoms with Gasteiger partial charge < -0.3 is 24.8 Å². The van der Waals surface area contributed by atoms with Crippen LogP contribution in [0.3, 0.4) is 0 Å². The Morgan fingerprint density at radius 1 is 1.28 bits per heavy atom. The van der Waals surface area contributed by atoms with Crippen LogP contribution in [0.1, 0.15) is 12.8 Å². The molecule has 2 aromatic rings. The van der Waals surface area contributed by atoms with E-state index in [9.17, 15) is 14.9 Å². The number of carbonyl (C=O) groups is 1. The Balaban J connectivity index is 1.92. The minimum atomic E-state index is -0.851. The van der Waals surface area contributed by atoms with Crippen molar-refractivity contribution in [3.05, 3.63) is 34.6 Å². The van der Waals surface area contributed by atoms with Crippen LogP contribution in [0.25, 0.3) is 0 Å². The van der Waals surface area contributed by atoms with Crippen molar-refractivity contribution >= 4 is 29.0 Å². The molecule has 29 heavy (non-hydrogen) atoms. The van der Waals surface area contributed by atoms with Crippen molar-refractivity contribution in [3.8, 4) is 11.5 Å². The normalized spacial score (nSPS) is 14.3. The van der Waals surface area contributed by atoms with Crippen LogP contribution in [0.4, 0.5) is 23.0 Å². The molecule has 1 saturated heterocycles. The zero-order valence-corrected chi connectivity index (χ0v) is 16.0. The summed E-state index contributed by atoms with van der Waals surface area (Å²) in [5, 5.41) is 23.9. The van der Waals surface area contributed by atoms with Crippen molar-refractivity contribution in [1.82, 2.24) is 9.97 Å². The second-order valence-corrected chi connectivity index (χ2v) is 6.44. The molecule has 2 heterocycles. The molecule has 2 N–H and O–H groups in total. The Kier molecular flexibility index (Phi) is 5.96. The zero-order chi connectivity index (χ0) is 21.0. The molecule has 1 aliphatic rings. The molecule has 1 aromatic heterocycles. The molecule has 0 saturated carbocycles. The summed E-state index contributed by atoms with van der Waals surface area (Å²) < 4.78 is 10.5. The highest BCUT2D eigenvalue weighted by Crippen LogP contribution is 2.38. The smallest absolute Gasteiger partial charge is 0.353 e. The van der Waals surface area contributed by atoms with Gasteiger partial charge in [-0.15, -0.1) is 0 Å². The van der Waals surface area contributed by atoms with Crippen LogP contribution in [-0.2, 0) is 4.79 Å². The number of piperidine rings is 1. The molecule has 0 bridgehead atoms. The van der Waals surface area contributed by atoms with Gasteiger partial charge in [0.15, 0.2) is 0 Å². The van der Waals surface area contributed by atoms with Crippen LogP contribution >= 0.6 is 0 Å². The van der Waals surface area contributed by atoms with Gasteiger partial charge >= 0.3 is 11.7 Å². The van der Waals surface area contributed by atoms with Gasteiger partial charge in [-0.2, -0.15) is 0 Å². The molecule has 0 unspecified atom stereocenters. The van der Waals surface area contributed by atoms with Gasteiger partial charge in [0.1, 0.15) is 17.8 Å². The first-order valence-corrected chi connectivity index (χ1v) is 8.90. The fourth-order valence-corrected chi connectivity index (χ4v) is 3.23. The summed E-state index contributed by atoms with van der Waals surface area (Å²) >= 11 is 0. The Morgan fingerprint density at radius 2 is 2.00 bits per heavy atom. The summed E-state index contributed by atoms with van der Waals surface area (Å²) in [6.45, 7) is 0.722. The van der Waals surface area contributed by atoms with E-state index in [0.717, 1.165) is 0 Å². The average molecular weight is 403 g/mol. The van der Waals surface area contributed by atoms with Crippen LogP contribution in [0.5, 0.6) is 11.5 Å². The standard InChI is InChI=1S/C18H21N5O6/c1-28-12-3-4-13(14(9-12)29-2)21-16-15(23(26)27)17(20-10-19-16)22-7-5-11(6-8-22)18(24)25/h3-4,9-11H,5-8H2,1-2H3,(H,24,25)(H,19,20,21). The van der Waals surface area contributed by atoms with E-state index >= 15 is 0 Å². The van der Waals surface area contributed by atoms with Gasteiger partial charge in [-0.25, -0.2) is 9.97 Å². The van der Waals surface area contributed by atoms with Gasteiger partial charge in [0.05, 0.1) is 30.7 Å². The van der Waals surface area contributed by atoms with Crippen molar-refractivity contribution in [2.75, 3.05) is 37.5 Å². The number of benzene rings is 1. The Hall–Kier alpha value is -3.63. The van der Waals surface area contributed by atoms with E-state index in [1.807, 2.05) is 0 Å². The molecule has 1 fully saturated rings. The van der Waals surface area contributed by atoms with Gasteiger partial charge in [0.25, 0.3) is 0 Å². The first-order chi connectivity index (χ1) is 13.9. The lowest BCUT2D eigenvalue weighted by Crippen LogP contribution is -2.37. The summed E-state index contributed by atoms with van der Waals surface area (Å²) in [6, 6.07) is 5.00. The first kappa shape index (κ1) is 20.1. The number of aliphatic carboxylic acids is 1. The van der Waals surface area contributed by atoms with E-state index in [-0.39, 0.29) is 17.3 Å². The number of hydrogen-bond donors (Lipinski definition) is 2. The van der Waals surface area contributed by atoms with Gasteiger partial charge in [-0.05, 0) is 25.0 Å². The third kappa shape index (κ3) is 4.28. The maximum atomic E-state index is 11.8. The Morgan fingerprint density at radius 3 is 2.59 bits per heavy atom.